The first-order valence-corrected chi connectivity index (χ1v) is 6.11. The van der Waals surface area contributed by atoms with Crippen molar-refractivity contribution in [3.8, 4) is 0 Å². The molecule has 0 fully saturated rings. The van der Waals surface area contributed by atoms with Gasteiger partial charge in [-0.3, -0.25) is 4.98 Å². The molecule has 0 saturated heterocycles. The van der Waals surface area contributed by atoms with E-state index < -0.39 is 17.6 Å². The molecule has 98 valence electrons. The highest BCUT2D eigenvalue weighted by molar-refractivity contribution is 6.04. The van der Waals surface area contributed by atoms with Crippen molar-refractivity contribution in [2.24, 2.45) is 0 Å². The summed E-state index contributed by atoms with van der Waals surface area (Å²) in [6.45, 7) is 0. The summed E-state index contributed by atoms with van der Waals surface area (Å²) in [6, 6.07) is 1.78. The molecule has 0 unspecified atom stereocenters. The van der Waals surface area contributed by atoms with Gasteiger partial charge in [-0.15, -0.1) is 0 Å². The van der Waals surface area contributed by atoms with Crippen LogP contribution in [0.1, 0.15) is 34.5 Å². The van der Waals surface area contributed by atoms with Crippen LogP contribution in [-0.2, 0) is 12.8 Å². The zero-order chi connectivity index (χ0) is 13.6. The monoisotopic (exact) mass is 263 g/mol. The van der Waals surface area contributed by atoms with E-state index in [1.54, 1.807) is 0 Å². The van der Waals surface area contributed by atoms with Crippen LogP contribution in [0.25, 0.3) is 10.9 Å². The number of aromatic nitrogens is 1. The summed E-state index contributed by atoms with van der Waals surface area (Å²) in [7, 11) is 0. The highest BCUT2D eigenvalue weighted by Crippen LogP contribution is 2.31. The third kappa shape index (κ3) is 1.85. The Hall–Kier alpha value is -2.04. The number of halogens is 2. The Morgan fingerprint density at radius 3 is 2.68 bits per heavy atom. The van der Waals surface area contributed by atoms with Gasteiger partial charge < -0.3 is 5.11 Å². The number of aryl methyl sites for hydroxylation is 1. The van der Waals surface area contributed by atoms with Crippen molar-refractivity contribution in [2.45, 2.75) is 25.7 Å². The van der Waals surface area contributed by atoms with E-state index in [4.69, 9.17) is 0 Å². The molecule has 0 bridgehead atoms. The van der Waals surface area contributed by atoms with Gasteiger partial charge in [0.2, 0.25) is 0 Å². The first-order valence-electron chi connectivity index (χ1n) is 6.11. The van der Waals surface area contributed by atoms with Gasteiger partial charge in [-0.25, -0.2) is 13.6 Å². The molecule has 1 aromatic heterocycles. The fourth-order valence-corrected chi connectivity index (χ4v) is 2.71. The van der Waals surface area contributed by atoms with Crippen LogP contribution in [0.5, 0.6) is 0 Å². The summed E-state index contributed by atoms with van der Waals surface area (Å²) in [5, 5.41) is 9.26. The van der Waals surface area contributed by atoms with E-state index in [2.05, 4.69) is 4.98 Å². The second-order valence-electron chi connectivity index (χ2n) is 4.71. The molecule has 1 aliphatic rings. The molecule has 3 nitrogen and oxygen atoms in total. The van der Waals surface area contributed by atoms with Gasteiger partial charge in [-0.05, 0) is 31.2 Å². The van der Waals surface area contributed by atoms with Gasteiger partial charge in [-0.1, -0.05) is 0 Å². The minimum absolute atomic E-state index is 0.0581. The zero-order valence-corrected chi connectivity index (χ0v) is 10.0. The molecule has 0 radical (unpaired) electrons. The minimum atomic E-state index is -1.18. The Bertz CT molecular complexity index is 698. The average molecular weight is 263 g/mol. The van der Waals surface area contributed by atoms with Crippen molar-refractivity contribution in [3.05, 3.63) is 40.6 Å². The number of carboxylic acid groups (broad SMARTS) is 1. The summed E-state index contributed by atoms with van der Waals surface area (Å²) >= 11 is 0. The van der Waals surface area contributed by atoms with E-state index in [-0.39, 0.29) is 16.5 Å². The predicted octanol–water partition coefficient (Wildman–Crippen LogP) is 3.09. The van der Waals surface area contributed by atoms with Crippen molar-refractivity contribution in [1.82, 2.24) is 4.98 Å². The molecule has 3 rings (SSSR count). The van der Waals surface area contributed by atoms with Gasteiger partial charge in [0, 0.05) is 17.8 Å². The molecule has 0 aliphatic heterocycles. The lowest BCUT2D eigenvalue weighted by Gasteiger charge is -2.19. The van der Waals surface area contributed by atoms with Gasteiger partial charge in [-0.2, -0.15) is 0 Å². The van der Waals surface area contributed by atoms with E-state index in [1.807, 2.05) is 0 Å². The Balaban J connectivity index is 2.46. The third-order valence-electron chi connectivity index (χ3n) is 3.49. The molecule has 1 heterocycles. The maximum atomic E-state index is 13.9. The predicted molar refractivity (Wildman–Crippen MR) is 65.3 cm³/mol. The number of rotatable bonds is 1. The molecule has 19 heavy (non-hydrogen) atoms. The van der Waals surface area contributed by atoms with Crippen molar-refractivity contribution >= 4 is 16.9 Å². The van der Waals surface area contributed by atoms with Crippen LogP contribution in [0.15, 0.2) is 12.1 Å². The molecule has 0 saturated carbocycles. The largest absolute Gasteiger partial charge is 0.478 e. The number of pyridine rings is 1. The van der Waals surface area contributed by atoms with Crippen molar-refractivity contribution in [1.29, 1.82) is 0 Å². The van der Waals surface area contributed by atoms with E-state index in [0.717, 1.165) is 18.9 Å². The summed E-state index contributed by atoms with van der Waals surface area (Å²) in [5.41, 5.74) is 1.27. The van der Waals surface area contributed by atoms with Gasteiger partial charge in [0.15, 0.2) is 0 Å². The number of carboxylic acids is 1. The van der Waals surface area contributed by atoms with E-state index >= 15 is 0 Å². The zero-order valence-electron chi connectivity index (χ0n) is 10.0. The standard InChI is InChI=1S/C14H11F2NO2/c15-7-5-9(16)13-11(6-7)17-10-4-2-1-3-8(10)12(13)14(18)19/h5-6H,1-4H2,(H,18,19). The molecule has 1 aliphatic carbocycles. The van der Waals surface area contributed by atoms with E-state index in [1.165, 1.54) is 0 Å². The Morgan fingerprint density at radius 1 is 1.21 bits per heavy atom. The summed E-state index contributed by atoms with van der Waals surface area (Å²) in [6.07, 6.45) is 3.02. The maximum Gasteiger partial charge on any atom is 0.336 e. The number of hydrogen-bond acceptors (Lipinski definition) is 2. The van der Waals surface area contributed by atoms with Crippen LogP contribution in [0.2, 0.25) is 0 Å². The molecular weight excluding hydrogens is 252 g/mol. The average Bonchev–Trinajstić information content (AvgIpc) is 2.35. The first-order chi connectivity index (χ1) is 9.08. The number of fused-ring (bicyclic) bond motifs is 2. The van der Waals surface area contributed by atoms with Crippen molar-refractivity contribution in [2.75, 3.05) is 0 Å². The first kappa shape index (κ1) is 12.0. The lowest BCUT2D eigenvalue weighted by molar-refractivity contribution is 0.0697. The summed E-state index contributed by atoms with van der Waals surface area (Å²) in [4.78, 5) is 15.7. The van der Waals surface area contributed by atoms with Crippen LogP contribution < -0.4 is 0 Å². The van der Waals surface area contributed by atoms with E-state index in [0.29, 0.717) is 30.2 Å². The Labute approximate surface area is 107 Å². The third-order valence-corrected chi connectivity index (χ3v) is 3.49. The summed E-state index contributed by atoms with van der Waals surface area (Å²) in [5.74, 6) is -2.80. The smallest absolute Gasteiger partial charge is 0.336 e. The molecule has 0 atom stereocenters. The highest BCUT2D eigenvalue weighted by Gasteiger charge is 2.24. The van der Waals surface area contributed by atoms with Gasteiger partial charge in [0.25, 0.3) is 0 Å². The Kier molecular flexibility index (Phi) is 2.69. The number of hydrogen-bond donors (Lipinski definition) is 1. The lowest BCUT2D eigenvalue weighted by Crippen LogP contribution is -2.14. The van der Waals surface area contributed by atoms with E-state index in [9.17, 15) is 18.7 Å². The number of aromatic carboxylic acids is 1. The fourth-order valence-electron chi connectivity index (χ4n) is 2.71. The quantitative estimate of drug-likeness (QED) is 0.860. The Morgan fingerprint density at radius 2 is 1.95 bits per heavy atom. The van der Waals surface area contributed by atoms with Crippen LogP contribution in [-0.4, -0.2) is 16.1 Å². The second kappa shape index (κ2) is 4.26. The SMILES string of the molecule is O=C(O)c1c2c(nc3cc(F)cc(F)c13)CCCC2. The van der Waals surface area contributed by atoms with Crippen molar-refractivity contribution in [3.63, 3.8) is 0 Å². The minimum Gasteiger partial charge on any atom is -0.478 e. The topological polar surface area (TPSA) is 50.2 Å². The molecule has 5 heteroatoms. The van der Waals surface area contributed by atoms with Crippen LogP contribution >= 0.6 is 0 Å². The fraction of sp³-hybridized carbons (Fsp3) is 0.286. The van der Waals surface area contributed by atoms with Gasteiger partial charge in [0.1, 0.15) is 11.6 Å². The molecule has 2 aromatic rings. The number of nitrogens with zero attached hydrogens (tertiary/aromatic N) is 1. The van der Waals surface area contributed by atoms with Crippen LogP contribution in [0.3, 0.4) is 0 Å². The number of benzene rings is 1. The molecule has 1 N–H and O–H groups in total. The highest BCUT2D eigenvalue weighted by atomic mass is 19.1. The van der Waals surface area contributed by atoms with Crippen LogP contribution in [0, 0.1) is 11.6 Å². The lowest BCUT2D eigenvalue weighted by atomic mass is 9.89. The number of carbonyl (C=O) groups is 1. The molecule has 0 spiro atoms. The molecular formula is C14H11F2NO2. The van der Waals surface area contributed by atoms with Gasteiger partial charge >= 0.3 is 5.97 Å². The second-order valence-corrected chi connectivity index (χ2v) is 4.71. The maximum absolute atomic E-state index is 13.9. The molecule has 1 aromatic carbocycles. The van der Waals surface area contributed by atoms with Crippen LogP contribution in [0.4, 0.5) is 8.78 Å². The molecule has 0 amide bonds. The summed E-state index contributed by atoms with van der Waals surface area (Å²) < 4.78 is 27.1. The normalized spacial score (nSPS) is 14.4. The van der Waals surface area contributed by atoms with Crippen molar-refractivity contribution < 1.29 is 18.7 Å². The van der Waals surface area contributed by atoms with Gasteiger partial charge in [0.05, 0.1) is 16.5 Å².